The second-order valence-corrected chi connectivity index (χ2v) is 5.70. The Morgan fingerprint density at radius 2 is 2.21 bits per heavy atom. The second kappa shape index (κ2) is 5.65. The summed E-state index contributed by atoms with van der Waals surface area (Å²) in [5, 5.41) is 0. The van der Waals surface area contributed by atoms with E-state index in [0.29, 0.717) is 18.7 Å². The minimum absolute atomic E-state index is 0.197. The summed E-state index contributed by atoms with van der Waals surface area (Å²) in [6.45, 7) is 4.37. The third-order valence-corrected chi connectivity index (χ3v) is 4.49. The number of rotatable bonds is 3. The fourth-order valence-corrected chi connectivity index (χ4v) is 3.56. The summed E-state index contributed by atoms with van der Waals surface area (Å²) in [5.74, 6) is 1.97. The van der Waals surface area contributed by atoms with Crippen LogP contribution in [0, 0.1) is 6.92 Å². The maximum absolute atomic E-state index is 6.02. The summed E-state index contributed by atoms with van der Waals surface area (Å²) >= 11 is 0. The average molecular weight is 264 g/mol. The molecule has 0 aromatic carbocycles. The highest BCUT2D eigenvalue weighted by Gasteiger charge is 2.38. The lowest BCUT2D eigenvalue weighted by atomic mass is 9.89. The Kier molecular flexibility index (Phi) is 3.91. The molecule has 2 N–H and O–H groups in total. The maximum atomic E-state index is 6.02. The van der Waals surface area contributed by atoms with Crippen LogP contribution in [0.5, 0.6) is 0 Å². The molecule has 0 bridgehead atoms. The van der Waals surface area contributed by atoms with Crippen molar-refractivity contribution in [3.8, 4) is 0 Å². The van der Waals surface area contributed by atoms with Crippen molar-refractivity contribution >= 4 is 0 Å². The number of nitrogens with two attached hydrogens (primary N) is 1. The fourth-order valence-electron chi connectivity index (χ4n) is 3.56. The Bertz CT molecular complexity index is 416. The van der Waals surface area contributed by atoms with E-state index >= 15 is 0 Å². The maximum Gasteiger partial charge on any atom is 0.122 e. The molecular formula is C15H24N2O2. The molecule has 2 heterocycles. The van der Waals surface area contributed by atoms with Gasteiger partial charge in [-0.3, -0.25) is 4.90 Å². The average Bonchev–Trinajstić information content (AvgIpc) is 2.86. The predicted molar refractivity (Wildman–Crippen MR) is 73.9 cm³/mol. The van der Waals surface area contributed by atoms with Crippen molar-refractivity contribution in [3.05, 3.63) is 23.7 Å². The number of nitrogens with zero attached hydrogens (tertiary/aromatic N) is 1. The van der Waals surface area contributed by atoms with E-state index in [2.05, 4.69) is 11.0 Å². The summed E-state index contributed by atoms with van der Waals surface area (Å²) in [4.78, 5) is 2.52. The van der Waals surface area contributed by atoms with Gasteiger partial charge in [0.25, 0.3) is 0 Å². The van der Waals surface area contributed by atoms with Gasteiger partial charge >= 0.3 is 0 Å². The van der Waals surface area contributed by atoms with E-state index in [1.165, 1.54) is 25.7 Å². The monoisotopic (exact) mass is 264 g/mol. The minimum atomic E-state index is 0.197. The third kappa shape index (κ3) is 2.57. The van der Waals surface area contributed by atoms with E-state index in [-0.39, 0.29) is 6.04 Å². The summed E-state index contributed by atoms with van der Waals surface area (Å²) in [5.41, 5.74) is 6.02. The smallest absolute Gasteiger partial charge is 0.122 e. The van der Waals surface area contributed by atoms with Crippen LogP contribution in [0.4, 0.5) is 0 Å². The van der Waals surface area contributed by atoms with Gasteiger partial charge in [-0.2, -0.15) is 0 Å². The quantitative estimate of drug-likeness (QED) is 0.909. The Hall–Kier alpha value is -0.840. The van der Waals surface area contributed by atoms with Gasteiger partial charge in [-0.25, -0.2) is 0 Å². The molecule has 0 radical (unpaired) electrons. The molecule has 2 aliphatic rings. The topological polar surface area (TPSA) is 51.6 Å². The van der Waals surface area contributed by atoms with Gasteiger partial charge in [0.2, 0.25) is 0 Å². The molecule has 4 heteroatoms. The summed E-state index contributed by atoms with van der Waals surface area (Å²) in [6.07, 6.45) is 5.40. The SMILES string of the molecule is Cc1ccc(C(CN)N2CCOC3CCCCC32)o1. The first kappa shape index (κ1) is 13.2. The van der Waals surface area contributed by atoms with Crippen molar-refractivity contribution in [1.82, 2.24) is 4.90 Å². The van der Waals surface area contributed by atoms with Gasteiger partial charge in [0.1, 0.15) is 11.5 Å². The lowest BCUT2D eigenvalue weighted by Crippen LogP contribution is -2.54. The first-order valence-corrected chi connectivity index (χ1v) is 7.43. The third-order valence-electron chi connectivity index (χ3n) is 4.49. The van der Waals surface area contributed by atoms with E-state index in [9.17, 15) is 0 Å². The number of aryl methyl sites for hydroxylation is 1. The van der Waals surface area contributed by atoms with Gasteiger partial charge in [-0.1, -0.05) is 12.8 Å². The highest BCUT2D eigenvalue weighted by molar-refractivity contribution is 5.11. The predicted octanol–water partition coefficient (Wildman–Crippen LogP) is 2.23. The zero-order chi connectivity index (χ0) is 13.2. The molecule has 1 aliphatic carbocycles. The van der Waals surface area contributed by atoms with Gasteiger partial charge in [0.05, 0.1) is 18.8 Å². The zero-order valence-corrected chi connectivity index (χ0v) is 11.7. The molecule has 4 nitrogen and oxygen atoms in total. The number of hydrogen-bond donors (Lipinski definition) is 1. The van der Waals surface area contributed by atoms with Crippen LogP contribution in [0.15, 0.2) is 16.5 Å². The Morgan fingerprint density at radius 1 is 1.37 bits per heavy atom. The van der Waals surface area contributed by atoms with Gasteiger partial charge in [0.15, 0.2) is 0 Å². The standard InChI is InChI=1S/C15H24N2O2/c1-11-6-7-15(19-11)13(10-16)17-8-9-18-14-5-3-2-4-12(14)17/h6-7,12-14H,2-5,8-10,16H2,1H3. The van der Waals surface area contributed by atoms with E-state index in [4.69, 9.17) is 14.9 Å². The number of furan rings is 1. The Labute approximate surface area is 114 Å². The molecule has 0 amide bonds. The van der Waals surface area contributed by atoms with Crippen LogP contribution in [-0.2, 0) is 4.74 Å². The van der Waals surface area contributed by atoms with Crippen LogP contribution in [0.2, 0.25) is 0 Å². The van der Waals surface area contributed by atoms with Crippen molar-refractivity contribution in [3.63, 3.8) is 0 Å². The molecule has 19 heavy (non-hydrogen) atoms. The Morgan fingerprint density at radius 3 is 2.95 bits per heavy atom. The van der Waals surface area contributed by atoms with Crippen molar-refractivity contribution in [1.29, 1.82) is 0 Å². The molecule has 1 saturated carbocycles. The number of fused-ring (bicyclic) bond motifs is 1. The summed E-state index contributed by atoms with van der Waals surface area (Å²) in [6, 6.07) is 4.81. The lowest BCUT2D eigenvalue weighted by molar-refractivity contribution is -0.104. The number of ether oxygens (including phenoxy) is 1. The van der Waals surface area contributed by atoms with Gasteiger partial charge in [-0.05, 0) is 31.9 Å². The zero-order valence-electron chi connectivity index (χ0n) is 11.7. The largest absolute Gasteiger partial charge is 0.465 e. The van der Waals surface area contributed by atoms with Crippen molar-refractivity contribution in [2.75, 3.05) is 19.7 Å². The van der Waals surface area contributed by atoms with Crippen LogP contribution in [-0.4, -0.2) is 36.7 Å². The first-order chi connectivity index (χ1) is 9.29. The molecule has 1 aromatic heterocycles. The molecular weight excluding hydrogens is 240 g/mol. The van der Waals surface area contributed by atoms with E-state index in [1.807, 2.05) is 13.0 Å². The first-order valence-electron chi connectivity index (χ1n) is 7.43. The summed E-state index contributed by atoms with van der Waals surface area (Å²) < 4.78 is 11.7. The normalized spacial score (nSPS) is 30.0. The molecule has 0 spiro atoms. The second-order valence-electron chi connectivity index (χ2n) is 5.70. The lowest BCUT2D eigenvalue weighted by Gasteiger charge is -2.46. The Balaban J connectivity index is 1.81. The highest BCUT2D eigenvalue weighted by atomic mass is 16.5. The minimum Gasteiger partial charge on any atom is -0.465 e. The van der Waals surface area contributed by atoms with Gasteiger partial charge < -0.3 is 14.9 Å². The van der Waals surface area contributed by atoms with Crippen LogP contribution in [0.25, 0.3) is 0 Å². The molecule has 1 aliphatic heterocycles. The van der Waals surface area contributed by atoms with Crippen molar-refractivity contribution in [2.45, 2.75) is 50.8 Å². The van der Waals surface area contributed by atoms with Crippen LogP contribution < -0.4 is 5.73 Å². The number of morpholine rings is 1. The van der Waals surface area contributed by atoms with Crippen LogP contribution >= 0.6 is 0 Å². The molecule has 1 saturated heterocycles. The van der Waals surface area contributed by atoms with Crippen molar-refractivity contribution in [2.24, 2.45) is 5.73 Å². The van der Waals surface area contributed by atoms with E-state index < -0.39 is 0 Å². The van der Waals surface area contributed by atoms with E-state index in [1.54, 1.807) is 0 Å². The summed E-state index contributed by atoms with van der Waals surface area (Å²) in [7, 11) is 0. The molecule has 3 rings (SSSR count). The van der Waals surface area contributed by atoms with E-state index in [0.717, 1.165) is 24.7 Å². The van der Waals surface area contributed by atoms with Gasteiger partial charge in [0, 0.05) is 19.1 Å². The molecule has 3 atom stereocenters. The molecule has 106 valence electrons. The fraction of sp³-hybridized carbons (Fsp3) is 0.733. The highest BCUT2D eigenvalue weighted by Crippen LogP contribution is 2.34. The molecule has 3 unspecified atom stereocenters. The van der Waals surface area contributed by atoms with Crippen LogP contribution in [0.3, 0.4) is 0 Å². The van der Waals surface area contributed by atoms with Crippen molar-refractivity contribution < 1.29 is 9.15 Å². The molecule has 2 fully saturated rings. The number of hydrogen-bond acceptors (Lipinski definition) is 4. The van der Waals surface area contributed by atoms with Gasteiger partial charge in [-0.15, -0.1) is 0 Å². The van der Waals surface area contributed by atoms with Crippen LogP contribution in [0.1, 0.15) is 43.2 Å². The molecule has 1 aromatic rings.